The number of carbonyl (C=O) groups excluding carboxylic acids is 2. The summed E-state index contributed by atoms with van der Waals surface area (Å²) in [4.78, 5) is 25.5. The highest BCUT2D eigenvalue weighted by atomic mass is 16.4. The molecule has 3 rings (SSSR count). The van der Waals surface area contributed by atoms with E-state index in [1.807, 2.05) is 24.3 Å². The monoisotopic (exact) mass is 323 g/mol. The zero-order valence-electron chi connectivity index (χ0n) is 13.5. The summed E-state index contributed by atoms with van der Waals surface area (Å²) in [6.07, 6.45) is 2.42. The molecule has 2 aromatic carbocycles. The van der Waals surface area contributed by atoms with E-state index in [0.29, 0.717) is 16.8 Å². The fourth-order valence-electron chi connectivity index (χ4n) is 2.92. The predicted octanol–water partition coefficient (Wildman–Crippen LogP) is 2.21. The lowest BCUT2D eigenvalue weighted by molar-refractivity contribution is -0.255. The van der Waals surface area contributed by atoms with Gasteiger partial charge in [0.05, 0.1) is 5.97 Å². The van der Waals surface area contributed by atoms with Crippen LogP contribution >= 0.6 is 0 Å². The third-order valence-corrected chi connectivity index (χ3v) is 4.31. The van der Waals surface area contributed by atoms with E-state index in [4.69, 9.17) is 0 Å². The molecule has 1 aliphatic heterocycles. The van der Waals surface area contributed by atoms with Gasteiger partial charge in [0, 0.05) is 30.0 Å². The first kappa shape index (κ1) is 16.1. The minimum Gasteiger partial charge on any atom is -0.545 e. The van der Waals surface area contributed by atoms with Crippen LogP contribution in [0.5, 0.6) is 0 Å². The van der Waals surface area contributed by atoms with Gasteiger partial charge in [-0.15, -0.1) is 0 Å². The van der Waals surface area contributed by atoms with E-state index in [-0.39, 0.29) is 11.5 Å². The third kappa shape index (κ3) is 3.40. The van der Waals surface area contributed by atoms with E-state index in [1.54, 1.807) is 13.0 Å². The second-order valence-electron chi connectivity index (χ2n) is 6.01. The molecule has 0 radical (unpaired) electrons. The molecule has 24 heavy (non-hydrogen) atoms. The molecule has 0 unspecified atom stereocenters. The maximum atomic E-state index is 12.4. The van der Waals surface area contributed by atoms with Crippen LogP contribution in [0.4, 0.5) is 11.4 Å². The molecule has 124 valence electrons. The molecule has 1 saturated heterocycles. The number of aromatic carboxylic acids is 1. The number of carbonyl (C=O) groups is 2. The van der Waals surface area contributed by atoms with Crippen molar-refractivity contribution in [2.75, 3.05) is 23.3 Å². The summed E-state index contributed by atoms with van der Waals surface area (Å²) in [7, 11) is 0. The van der Waals surface area contributed by atoms with Crippen molar-refractivity contribution in [3.63, 3.8) is 0 Å². The van der Waals surface area contributed by atoms with Crippen molar-refractivity contribution in [1.82, 2.24) is 0 Å². The van der Waals surface area contributed by atoms with Crippen molar-refractivity contribution in [1.29, 1.82) is 0 Å². The Balaban J connectivity index is 1.71. The number of rotatable bonds is 4. The molecule has 0 aromatic heterocycles. The number of nitrogens with one attached hydrogen (secondary N) is 1. The number of benzene rings is 2. The zero-order chi connectivity index (χ0) is 17.1. The molecule has 1 amide bonds. The molecule has 0 aliphatic carbocycles. The smallest absolute Gasteiger partial charge is 0.255 e. The second kappa shape index (κ2) is 6.74. The van der Waals surface area contributed by atoms with E-state index in [9.17, 15) is 14.7 Å². The second-order valence-corrected chi connectivity index (χ2v) is 6.01. The Bertz CT molecular complexity index is 763. The summed E-state index contributed by atoms with van der Waals surface area (Å²) >= 11 is 0. The summed E-state index contributed by atoms with van der Waals surface area (Å²) in [5.74, 6) is -1.44. The lowest BCUT2D eigenvalue weighted by atomic mass is 10.1. The number of anilines is 2. The average molecular weight is 323 g/mol. The van der Waals surface area contributed by atoms with Crippen LogP contribution in [0.1, 0.15) is 39.1 Å². The Morgan fingerprint density at radius 2 is 1.62 bits per heavy atom. The van der Waals surface area contributed by atoms with Gasteiger partial charge < -0.3 is 20.1 Å². The van der Waals surface area contributed by atoms with Crippen molar-refractivity contribution in [2.45, 2.75) is 19.8 Å². The topological polar surface area (TPSA) is 72.5 Å². The van der Waals surface area contributed by atoms with Gasteiger partial charge in [-0.1, -0.05) is 6.07 Å². The van der Waals surface area contributed by atoms with Crippen LogP contribution in [0.15, 0.2) is 42.5 Å². The van der Waals surface area contributed by atoms with Gasteiger partial charge in [-0.2, -0.15) is 0 Å². The van der Waals surface area contributed by atoms with Gasteiger partial charge in [0.15, 0.2) is 0 Å². The van der Waals surface area contributed by atoms with Crippen molar-refractivity contribution < 1.29 is 14.7 Å². The van der Waals surface area contributed by atoms with Gasteiger partial charge in [-0.05, 0) is 67.3 Å². The number of amides is 1. The molecule has 1 heterocycles. The van der Waals surface area contributed by atoms with E-state index in [2.05, 4.69) is 10.2 Å². The number of carboxylic acids is 1. The molecule has 5 nitrogen and oxygen atoms in total. The third-order valence-electron chi connectivity index (χ3n) is 4.31. The maximum Gasteiger partial charge on any atom is 0.255 e. The van der Waals surface area contributed by atoms with Crippen molar-refractivity contribution in [3.05, 3.63) is 59.2 Å². The molecular formula is C19H19N2O3-. The number of hydrogen-bond acceptors (Lipinski definition) is 4. The van der Waals surface area contributed by atoms with Crippen LogP contribution in [0.3, 0.4) is 0 Å². The largest absolute Gasteiger partial charge is 0.545 e. The SMILES string of the molecule is Cc1cc(C(=O)[O-])ccc1NC(=O)c1ccc(N2CCCC2)cc1. The quantitative estimate of drug-likeness (QED) is 0.936. The fraction of sp³-hybridized carbons (Fsp3) is 0.263. The average Bonchev–Trinajstić information content (AvgIpc) is 3.11. The van der Waals surface area contributed by atoms with Crippen LogP contribution in [0.25, 0.3) is 0 Å². The minimum absolute atomic E-state index is 0.0977. The molecule has 0 atom stereocenters. The van der Waals surface area contributed by atoms with Crippen molar-refractivity contribution in [3.8, 4) is 0 Å². The highest BCUT2D eigenvalue weighted by molar-refractivity contribution is 6.05. The number of aryl methyl sites for hydroxylation is 1. The van der Waals surface area contributed by atoms with Gasteiger partial charge in [0.2, 0.25) is 0 Å². The Morgan fingerprint density at radius 1 is 1.00 bits per heavy atom. The normalized spacial score (nSPS) is 13.8. The first-order chi connectivity index (χ1) is 11.5. The molecule has 0 spiro atoms. The number of hydrogen-bond donors (Lipinski definition) is 1. The highest BCUT2D eigenvalue weighted by Gasteiger charge is 2.13. The lowest BCUT2D eigenvalue weighted by Crippen LogP contribution is -2.22. The van der Waals surface area contributed by atoms with Gasteiger partial charge in [-0.3, -0.25) is 4.79 Å². The Hall–Kier alpha value is -2.82. The van der Waals surface area contributed by atoms with E-state index >= 15 is 0 Å². The Morgan fingerprint density at radius 3 is 2.21 bits per heavy atom. The molecule has 0 saturated carbocycles. The number of nitrogens with zero attached hydrogens (tertiary/aromatic N) is 1. The van der Waals surface area contributed by atoms with Crippen LogP contribution in [0, 0.1) is 6.92 Å². The molecule has 1 aliphatic rings. The zero-order valence-corrected chi connectivity index (χ0v) is 13.5. The number of carboxylic acid groups (broad SMARTS) is 1. The van der Waals surface area contributed by atoms with Gasteiger partial charge >= 0.3 is 0 Å². The van der Waals surface area contributed by atoms with Gasteiger partial charge in [0.25, 0.3) is 5.91 Å². The maximum absolute atomic E-state index is 12.4. The Labute approximate surface area is 140 Å². The molecule has 1 N–H and O–H groups in total. The molecule has 5 heteroatoms. The molecule has 1 fully saturated rings. The summed E-state index contributed by atoms with van der Waals surface area (Å²) in [6.45, 7) is 3.88. The first-order valence-corrected chi connectivity index (χ1v) is 8.03. The minimum atomic E-state index is -1.23. The summed E-state index contributed by atoms with van der Waals surface area (Å²) < 4.78 is 0. The van der Waals surface area contributed by atoms with Crippen molar-refractivity contribution in [2.24, 2.45) is 0 Å². The van der Waals surface area contributed by atoms with Crippen LogP contribution in [-0.2, 0) is 0 Å². The summed E-state index contributed by atoms with van der Waals surface area (Å²) in [5, 5.41) is 13.7. The van der Waals surface area contributed by atoms with Crippen LogP contribution < -0.4 is 15.3 Å². The van der Waals surface area contributed by atoms with E-state index in [1.165, 1.54) is 25.0 Å². The van der Waals surface area contributed by atoms with Gasteiger partial charge in [0.1, 0.15) is 0 Å². The van der Waals surface area contributed by atoms with E-state index in [0.717, 1.165) is 18.8 Å². The van der Waals surface area contributed by atoms with E-state index < -0.39 is 5.97 Å². The fourth-order valence-corrected chi connectivity index (χ4v) is 2.92. The first-order valence-electron chi connectivity index (χ1n) is 8.03. The molecule has 2 aromatic rings. The standard InChI is InChI=1S/C19H20N2O3/c1-13-12-15(19(23)24)6-9-17(13)20-18(22)14-4-7-16(8-5-14)21-10-2-3-11-21/h4-9,12H,2-3,10-11H2,1H3,(H,20,22)(H,23,24)/p-1. The molecular weight excluding hydrogens is 304 g/mol. The van der Waals surface area contributed by atoms with Crippen molar-refractivity contribution >= 4 is 23.3 Å². The molecule has 0 bridgehead atoms. The van der Waals surface area contributed by atoms with Gasteiger partial charge in [-0.25, -0.2) is 0 Å². The summed E-state index contributed by atoms with van der Waals surface area (Å²) in [5.41, 5.74) is 3.08. The Kier molecular flexibility index (Phi) is 4.51. The summed E-state index contributed by atoms with van der Waals surface area (Å²) in [6, 6.07) is 12.0. The van der Waals surface area contributed by atoms with Crippen LogP contribution in [-0.4, -0.2) is 25.0 Å². The highest BCUT2D eigenvalue weighted by Crippen LogP contribution is 2.22. The van der Waals surface area contributed by atoms with Crippen LogP contribution in [0.2, 0.25) is 0 Å². The lowest BCUT2D eigenvalue weighted by Gasteiger charge is -2.17. The predicted molar refractivity (Wildman–Crippen MR) is 91.4 cm³/mol.